The lowest BCUT2D eigenvalue weighted by Gasteiger charge is -2.09. The third-order valence-electron chi connectivity index (χ3n) is 3.09. The van der Waals surface area contributed by atoms with Crippen molar-refractivity contribution in [2.24, 2.45) is 0 Å². The molecule has 0 saturated carbocycles. The summed E-state index contributed by atoms with van der Waals surface area (Å²) in [5.74, 6) is 0.796. The fourth-order valence-electron chi connectivity index (χ4n) is 2.19. The van der Waals surface area contributed by atoms with Crippen molar-refractivity contribution in [2.75, 3.05) is 12.4 Å². The Hall–Kier alpha value is -2.49. The van der Waals surface area contributed by atoms with Gasteiger partial charge in [-0.2, -0.15) is 0 Å². The van der Waals surface area contributed by atoms with Crippen LogP contribution in [0.1, 0.15) is 5.69 Å². The van der Waals surface area contributed by atoms with Gasteiger partial charge in [0.1, 0.15) is 5.69 Å². The van der Waals surface area contributed by atoms with Crippen molar-refractivity contribution in [3.8, 4) is 11.3 Å². The predicted molar refractivity (Wildman–Crippen MR) is 77.1 cm³/mol. The Kier molecular flexibility index (Phi) is 2.83. The van der Waals surface area contributed by atoms with Crippen LogP contribution >= 0.6 is 0 Å². The molecule has 4 heteroatoms. The zero-order valence-electron chi connectivity index (χ0n) is 10.9. The Labute approximate surface area is 111 Å². The highest BCUT2D eigenvalue weighted by molar-refractivity contribution is 5.99. The van der Waals surface area contributed by atoms with Crippen LogP contribution in [0.25, 0.3) is 22.0 Å². The van der Waals surface area contributed by atoms with E-state index in [0.29, 0.717) is 0 Å². The van der Waals surface area contributed by atoms with Crippen LogP contribution < -0.4 is 5.32 Å². The van der Waals surface area contributed by atoms with Crippen molar-refractivity contribution >= 4 is 16.6 Å². The van der Waals surface area contributed by atoms with Gasteiger partial charge < -0.3 is 5.32 Å². The van der Waals surface area contributed by atoms with E-state index >= 15 is 0 Å². The molecule has 19 heavy (non-hydrogen) atoms. The van der Waals surface area contributed by atoms with Gasteiger partial charge in [-0.25, -0.2) is 0 Å². The molecule has 0 aliphatic heterocycles. The Morgan fingerprint density at radius 1 is 1.00 bits per heavy atom. The van der Waals surface area contributed by atoms with Crippen LogP contribution in [0, 0.1) is 6.92 Å². The molecule has 3 aromatic rings. The number of nitrogens with zero attached hydrogens (tertiary/aromatic N) is 3. The van der Waals surface area contributed by atoms with Gasteiger partial charge in [-0.1, -0.05) is 24.3 Å². The van der Waals surface area contributed by atoms with Crippen molar-refractivity contribution < 1.29 is 0 Å². The lowest BCUT2D eigenvalue weighted by molar-refractivity contribution is 1.05. The molecule has 0 aliphatic rings. The van der Waals surface area contributed by atoms with Gasteiger partial charge in [0.15, 0.2) is 5.82 Å². The molecule has 94 valence electrons. The molecule has 0 aliphatic carbocycles. The first kappa shape index (κ1) is 11.6. The molecule has 0 bridgehead atoms. The zero-order chi connectivity index (χ0) is 13.2. The highest BCUT2D eigenvalue weighted by atomic mass is 15.2. The maximum Gasteiger partial charge on any atom is 0.156 e. The SMILES string of the molecule is CNc1nnc(-c2ccnc(C)c2)c2ccccc12. The van der Waals surface area contributed by atoms with E-state index in [4.69, 9.17) is 0 Å². The van der Waals surface area contributed by atoms with E-state index in [1.165, 1.54) is 0 Å². The summed E-state index contributed by atoms with van der Waals surface area (Å²) < 4.78 is 0. The highest BCUT2D eigenvalue weighted by Gasteiger charge is 2.09. The number of nitrogens with one attached hydrogen (secondary N) is 1. The van der Waals surface area contributed by atoms with Crippen LogP contribution in [-0.4, -0.2) is 22.2 Å². The van der Waals surface area contributed by atoms with Gasteiger partial charge >= 0.3 is 0 Å². The summed E-state index contributed by atoms with van der Waals surface area (Å²) >= 11 is 0. The molecule has 4 nitrogen and oxygen atoms in total. The Bertz CT molecular complexity index is 737. The fraction of sp³-hybridized carbons (Fsp3) is 0.133. The van der Waals surface area contributed by atoms with Crippen LogP contribution in [0.2, 0.25) is 0 Å². The van der Waals surface area contributed by atoms with E-state index in [1.54, 1.807) is 6.20 Å². The van der Waals surface area contributed by atoms with Gasteiger partial charge in [-0.05, 0) is 19.1 Å². The number of hydrogen-bond donors (Lipinski definition) is 1. The minimum absolute atomic E-state index is 0.796. The van der Waals surface area contributed by atoms with Crippen LogP contribution in [0.5, 0.6) is 0 Å². The third-order valence-corrected chi connectivity index (χ3v) is 3.09. The van der Waals surface area contributed by atoms with Gasteiger partial charge in [-0.15, -0.1) is 10.2 Å². The lowest BCUT2D eigenvalue weighted by atomic mass is 10.1. The minimum atomic E-state index is 0.796. The number of hydrogen-bond acceptors (Lipinski definition) is 4. The maximum atomic E-state index is 4.35. The van der Waals surface area contributed by atoms with Crippen LogP contribution in [0.3, 0.4) is 0 Å². The van der Waals surface area contributed by atoms with Crippen LogP contribution in [0.15, 0.2) is 42.6 Å². The monoisotopic (exact) mass is 250 g/mol. The Morgan fingerprint density at radius 3 is 2.53 bits per heavy atom. The normalized spacial score (nSPS) is 10.6. The molecule has 3 rings (SSSR count). The molecular formula is C15H14N4. The average molecular weight is 250 g/mol. The number of benzene rings is 1. The molecule has 0 spiro atoms. The van der Waals surface area contributed by atoms with Gasteiger partial charge in [-0.3, -0.25) is 4.98 Å². The molecule has 0 atom stereocenters. The van der Waals surface area contributed by atoms with Crippen molar-refractivity contribution in [3.63, 3.8) is 0 Å². The van der Waals surface area contributed by atoms with Gasteiger partial charge in [0.05, 0.1) is 0 Å². The lowest BCUT2D eigenvalue weighted by Crippen LogP contribution is -1.98. The van der Waals surface area contributed by atoms with Crippen molar-refractivity contribution in [1.29, 1.82) is 0 Å². The van der Waals surface area contributed by atoms with E-state index in [9.17, 15) is 0 Å². The first-order valence-electron chi connectivity index (χ1n) is 6.16. The van der Waals surface area contributed by atoms with Crippen LogP contribution in [0.4, 0.5) is 5.82 Å². The van der Waals surface area contributed by atoms with Gasteiger partial charge in [0.2, 0.25) is 0 Å². The number of pyridine rings is 1. The number of fused-ring (bicyclic) bond motifs is 1. The summed E-state index contributed by atoms with van der Waals surface area (Å²) in [5.41, 5.74) is 2.90. The second-order valence-electron chi connectivity index (χ2n) is 4.38. The quantitative estimate of drug-likeness (QED) is 0.759. The van der Waals surface area contributed by atoms with E-state index in [-0.39, 0.29) is 0 Å². The van der Waals surface area contributed by atoms with E-state index in [2.05, 4.69) is 26.6 Å². The molecule has 2 aromatic heterocycles. The second-order valence-corrected chi connectivity index (χ2v) is 4.38. The Morgan fingerprint density at radius 2 is 1.79 bits per heavy atom. The fourth-order valence-corrected chi connectivity index (χ4v) is 2.19. The number of aromatic nitrogens is 3. The summed E-state index contributed by atoms with van der Waals surface area (Å²) in [5, 5.41) is 13.8. The average Bonchev–Trinajstić information content (AvgIpc) is 2.46. The summed E-state index contributed by atoms with van der Waals surface area (Å²) in [7, 11) is 1.85. The first-order chi connectivity index (χ1) is 9.29. The molecule has 0 saturated heterocycles. The molecule has 0 amide bonds. The van der Waals surface area contributed by atoms with Crippen LogP contribution in [-0.2, 0) is 0 Å². The van der Waals surface area contributed by atoms with Gasteiger partial charge in [0.25, 0.3) is 0 Å². The summed E-state index contributed by atoms with van der Waals surface area (Å²) in [6, 6.07) is 12.1. The van der Waals surface area contributed by atoms with E-state index in [1.807, 2.05) is 44.3 Å². The standard InChI is InChI=1S/C15H14N4/c1-10-9-11(7-8-17-10)14-12-5-3-4-6-13(12)15(16-2)19-18-14/h3-9H,1-2H3,(H,16,19). The summed E-state index contributed by atoms with van der Waals surface area (Å²) in [4.78, 5) is 4.22. The van der Waals surface area contributed by atoms with Crippen molar-refractivity contribution in [1.82, 2.24) is 15.2 Å². The highest BCUT2D eigenvalue weighted by Crippen LogP contribution is 2.29. The minimum Gasteiger partial charge on any atom is -0.371 e. The predicted octanol–water partition coefficient (Wildman–Crippen LogP) is 3.04. The van der Waals surface area contributed by atoms with Gasteiger partial charge in [0, 0.05) is 35.3 Å². The summed E-state index contributed by atoms with van der Waals surface area (Å²) in [6.45, 7) is 1.97. The van der Waals surface area contributed by atoms with Crippen molar-refractivity contribution in [2.45, 2.75) is 6.92 Å². The number of rotatable bonds is 2. The number of anilines is 1. The largest absolute Gasteiger partial charge is 0.371 e. The molecular weight excluding hydrogens is 236 g/mol. The summed E-state index contributed by atoms with van der Waals surface area (Å²) in [6.07, 6.45) is 1.80. The molecule has 0 unspecified atom stereocenters. The Balaban J connectivity index is 2.31. The molecule has 2 heterocycles. The smallest absolute Gasteiger partial charge is 0.156 e. The molecule has 0 fully saturated rings. The molecule has 0 radical (unpaired) electrons. The molecule has 1 N–H and O–H groups in total. The van der Waals surface area contributed by atoms with Crippen molar-refractivity contribution in [3.05, 3.63) is 48.3 Å². The maximum absolute atomic E-state index is 4.35. The third kappa shape index (κ3) is 2.01. The second kappa shape index (κ2) is 4.65. The number of aryl methyl sites for hydroxylation is 1. The first-order valence-corrected chi connectivity index (χ1v) is 6.16. The van der Waals surface area contributed by atoms with E-state index in [0.717, 1.165) is 33.5 Å². The topological polar surface area (TPSA) is 50.7 Å². The zero-order valence-corrected chi connectivity index (χ0v) is 10.9. The molecule has 1 aromatic carbocycles. The van der Waals surface area contributed by atoms with E-state index < -0.39 is 0 Å².